The van der Waals surface area contributed by atoms with Crippen LogP contribution in [0, 0.1) is 17.6 Å². The van der Waals surface area contributed by atoms with Gasteiger partial charge in [0.05, 0.1) is 11.3 Å². The van der Waals surface area contributed by atoms with Crippen molar-refractivity contribution in [3.05, 3.63) is 29.3 Å². The highest BCUT2D eigenvalue weighted by Gasteiger charge is 2.29. The summed E-state index contributed by atoms with van der Waals surface area (Å²) in [7, 11) is 0. The van der Waals surface area contributed by atoms with Crippen molar-refractivity contribution in [1.82, 2.24) is 5.32 Å². The number of amides is 2. The van der Waals surface area contributed by atoms with Gasteiger partial charge in [-0.3, -0.25) is 0 Å². The number of carbonyl (C=O) groups is 2. The van der Waals surface area contributed by atoms with Gasteiger partial charge in [-0.15, -0.1) is 0 Å². The molecule has 1 aromatic rings. The Morgan fingerprint density at radius 1 is 1.30 bits per heavy atom. The van der Waals surface area contributed by atoms with Crippen LogP contribution in [0.4, 0.5) is 19.3 Å². The van der Waals surface area contributed by atoms with E-state index in [0.29, 0.717) is 12.0 Å². The number of halogens is 2. The summed E-state index contributed by atoms with van der Waals surface area (Å²) < 4.78 is 26.7. The van der Waals surface area contributed by atoms with Gasteiger partial charge in [-0.1, -0.05) is 0 Å². The average molecular weight is 284 g/mol. The minimum Gasteiger partial charge on any atom is -0.478 e. The van der Waals surface area contributed by atoms with Gasteiger partial charge in [0.2, 0.25) is 0 Å². The zero-order valence-corrected chi connectivity index (χ0v) is 10.7. The van der Waals surface area contributed by atoms with Crippen molar-refractivity contribution in [1.29, 1.82) is 0 Å². The predicted molar refractivity (Wildman–Crippen MR) is 67.7 cm³/mol. The smallest absolute Gasteiger partial charge is 0.338 e. The molecule has 2 rings (SSSR count). The molecule has 0 heterocycles. The fourth-order valence-electron chi connectivity index (χ4n) is 1.89. The van der Waals surface area contributed by atoms with Crippen LogP contribution in [-0.2, 0) is 0 Å². The first-order valence-corrected chi connectivity index (χ1v) is 6.18. The highest BCUT2D eigenvalue weighted by molar-refractivity contribution is 5.93. The molecule has 1 aliphatic rings. The molecule has 0 radical (unpaired) electrons. The van der Waals surface area contributed by atoms with Crippen LogP contribution in [0.15, 0.2) is 12.1 Å². The third-order valence-corrected chi connectivity index (χ3v) is 3.22. The lowest BCUT2D eigenvalue weighted by molar-refractivity contribution is 0.0692. The number of carbonyl (C=O) groups excluding carboxylic acids is 1. The molecule has 1 aromatic carbocycles. The van der Waals surface area contributed by atoms with E-state index in [2.05, 4.69) is 10.6 Å². The fraction of sp³-hybridized carbons (Fsp3) is 0.385. The molecule has 2 amide bonds. The Bertz CT molecular complexity index is 559. The molecule has 3 N–H and O–H groups in total. The highest BCUT2D eigenvalue weighted by Crippen LogP contribution is 2.32. The van der Waals surface area contributed by atoms with Crippen LogP contribution in [-0.4, -0.2) is 23.1 Å². The number of carboxylic acid groups (broad SMARTS) is 1. The first kappa shape index (κ1) is 14.2. The van der Waals surface area contributed by atoms with E-state index in [1.54, 1.807) is 0 Å². The summed E-state index contributed by atoms with van der Waals surface area (Å²) >= 11 is 0. The maximum absolute atomic E-state index is 13.5. The number of nitrogens with one attached hydrogen (secondary N) is 2. The van der Waals surface area contributed by atoms with Crippen LogP contribution in [0.2, 0.25) is 0 Å². The molecule has 7 heteroatoms. The Morgan fingerprint density at radius 3 is 2.50 bits per heavy atom. The van der Waals surface area contributed by atoms with E-state index in [1.165, 1.54) is 0 Å². The third-order valence-electron chi connectivity index (χ3n) is 3.22. The number of carboxylic acids is 1. The van der Waals surface area contributed by atoms with Gasteiger partial charge >= 0.3 is 12.0 Å². The number of hydrogen-bond donors (Lipinski definition) is 3. The van der Waals surface area contributed by atoms with Gasteiger partial charge in [0.1, 0.15) is 11.6 Å². The number of hydrogen-bond acceptors (Lipinski definition) is 2. The summed E-state index contributed by atoms with van der Waals surface area (Å²) in [4.78, 5) is 22.4. The lowest BCUT2D eigenvalue weighted by Crippen LogP contribution is -2.37. The third kappa shape index (κ3) is 3.23. The molecule has 1 fully saturated rings. The fourth-order valence-corrected chi connectivity index (χ4v) is 1.89. The molecule has 0 spiro atoms. The Labute approximate surface area is 114 Å². The van der Waals surface area contributed by atoms with Gasteiger partial charge in [-0.25, -0.2) is 18.4 Å². The maximum Gasteiger partial charge on any atom is 0.338 e. The second kappa shape index (κ2) is 5.44. The zero-order valence-electron chi connectivity index (χ0n) is 10.7. The largest absolute Gasteiger partial charge is 0.478 e. The molecule has 1 atom stereocenters. The van der Waals surface area contributed by atoms with Crippen molar-refractivity contribution in [2.45, 2.75) is 25.8 Å². The molecule has 0 aromatic heterocycles. The van der Waals surface area contributed by atoms with Crippen LogP contribution in [0.3, 0.4) is 0 Å². The van der Waals surface area contributed by atoms with Crippen molar-refractivity contribution >= 4 is 17.7 Å². The van der Waals surface area contributed by atoms with Gasteiger partial charge in [-0.05, 0) is 31.7 Å². The first-order chi connectivity index (χ1) is 9.38. The Hall–Kier alpha value is -2.18. The molecule has 0 aliphatic heterocycles. The number of aromatic carboxylic acids is 1. The number of anilines is 1. The molecular weight excluding hydrogens is 270 g/mol. The molecule has 108 valence electrons. The topological polar surface area (TPSA) is 78.4 Å². The first-order valence-electron chi connectivity index (χ1n) is 6.18. The normalized spacial score (nSPS) is 15.6. The Kier molecular flexibility index (Phi) is 3.87. The van der Waals surface area contributed by atoms with Crippen molar-refractivity contribution in [2.24, 2.45) is 5.92 Å². The van der Waals surface area contributed by atoms with Crippen LogP contribution >= 0.6 is 0 Å². The van der Waals surface area contributed by atoms with Crippen LogP contribution < -0.4 is 10.6 Å². The van der Waals surface area contributed by atoms with Crippen molar-refractivity contribution in [3.8, 4) is 0 Å². The van der Waals surface area contributed by atoms with Gasteiger partial charge in [0.25, 0.3) is 0 Å². The van der Waals surface area contributed by atoms with Crippen LogP contribution in [0.5, 0.6) is 0 Å². The molecule has 1 unspecified atom stereocenters. The Morgan fingerprint density at radius 2 is 1.95 bits per heavy atom. The van der Waals surface area contributed by atoms with Crippen molar-refractivity contribution in [3.63, 3.8) is 0 Å². The lowest BCUT2D eigenvalue weighted by atomic mass is 10.2. The van der Waals surface area contributed by atoms with Crippen molar-refractivity contribution in [2.75, 3.05) is 5.32 Å². The molecular formula is C13H14F2N2O3. The van der Waals surface area contributed by atoms with Gasteiger partial charge < -0.3 is 15.7 Å². The SMILES string of the molecule is CC(NC(=O)Nc1cc(C(=O)O)c(F)cc1F)C1CC1. The van der Waals surface area contributed by atoms with Gasteiger partial charge in [0, 0.05) is 12.1 Å². The van der Waals surface area contributed by atoms with E-state index < -0.39 is 29.2 Å². The summed E-state index contributed by atoms with van der Waals surface area (Å²) in [5, 5.41) is 13.6. The number of urea groups is 1. The molecule has 1 saturated carbocycles. The summed E-state index contributed by atoms with van der Waals surface area (Å²) in [5.41, 5.74) is -1.07. The average Bonchev–Trinajstić information content (AvgIpc) is 3.15. The van der Waals surface area contributed by atoms with Gasteiger partial charge in [-0.2, -0.15) is 0 Å². The van der Waals surface area contributed by atoms with E-state index in [9.17, 15) is 18.4 Å². The Balaban J connectivity index is 2.09. The maximum atomic E-state index is 13.5. The highest BCUT2D eigenvalue weighted by atomic mass is 19.1. The monoisotopic (exact) mass is 284 g/mol. The van der Waals surface area contributed by atoms with E-state index >= 15 is 0 Å². The van der Waals surface area contributed by atoms with E-state index in [1.807, 2.05) is 6.92 Å². The van der Waals surface area contributed by atoms with E-state index in [-0.39, 0.29) is 11.7 Å². The van der Waals surface area contributed by atoms with Gasteiger partial charge in [0.15, 0.2) is 0 Å². The zero-order chi connectivity index (χ0) is 14.9. The predicted octanol–water partition coefficient (Wildman–Crippen LogP) is 2.58. The molecule has 20 heavy (non-hydrogen) atoms. The number of rotatable bonds is 4. The quantitative estimate of drug-likeness (QED) is 0.795. The lowest BCUT2D eigenvalue weighted by Gasteiger charge is -2.14. The summed E-state index contributed by atoms with van der Waals surface area (Å²) in [6.07, 6.45) is 2.07. The standard InChI is InChI=1S/C13H14F2N2O3/c1-6(7-2-3-7)16-13(20)17-11-4-8(12(18)19)9(14)5-10(11)15/h4-7H,2-3H2,1H3,(H,18,19)(H2,16,17,20). The summed E-state index contributed by atoms with van der Waals surface area (Å²) in [6, 6.07) is 0.501. The molecule has 0 bridgehead atoms. The van der Waals surface area contributed by atoms with E-state index in [4.69, 9.17) is 5.11 Å². The molecule has 5 nitrogen and oxygen atoms in total. The van der Waals surface area contributed by atoms with Crippen LogP contribution in [0.25, 0.3) is 0 Å². The molecule has 1 aliphatic carbocycles. The minimum atomic E-state index is -1.53. The minimum absolute atomic E-state index is 0.0440. The van der Waals surface area contributed by atoms with E-state index in [0.717, 1.165) is 18.9 Å². The number of benzene rings is 1. The van der Waals surface area contributed by atoms with Crippen LogP contribution in [0.1, 0.15) is 30.1 Å². The molecule has 0 saturated heterocycles. The summed E-state index contributed by atoms with van der Waals surface area (Å²) in [5.74, 6) is -3.32. The second-order valence-corrected chi connectivity index (χ2v) is 4.84. The van der Waals surface area contributed by atoms with Crippen molar-refractivity contribution < 1.29 is 23.5 Å². The summed E-state index contributed by atoms with van der Waals surface area (Å²) in [6.45, 7) is 1.83. The second-order valence-electron chi connectivity index (χ2n) is 4.84.